The van der Waals surface area contributed by atoms with Gasteiger partial charge in [-0.3, -0.25) is 9.69 Å². The molecule has 0 unspecified atom stereocenters. The van der Waals surface area contributed by atoms with Crippen molar-refractivity contribution in [3.63, 3.8) is 0 Å². The summed E-state index contributed by atoms with van der Waals surface area (Å²) in [4.78, 5) is 19.2. The highest BCUT2D eigenvalue weighted by atomic mass is 32.2. The van der Waals surface area contributed by atoms with E-state index in [0.717, 1.165) is 38.3 Å². The lowest BCUT2D eigenvalue weighted by molar-refractivity contribution is -0.136. The Labute approximate surface area is 167 Å². The summed E-state index contributed by atoms with van der Waals surface area (Å²) < 4.78 is 36.9. The third-order valence-corrected chi connectivity index (χ3v) is 7.63. The normalized spacial score (nSPS) is 23.5. The van der Waals surface area contributed by atoms with Gasteiger partial charge in [0.25, 0.3) is 0 Å². The van der Waals surface area contributed by atoms with Crippen molar-refractivity contribution in [1.82, 2.24) is 9.80 Å². The first kappa shape index (κ1) is 21.0. The molecule has 2 heterocycles. The molecular formula is C20H30FN3O3S. The van der Waals surface area contributed by atoms with E-state index in [1.54, 1.807) is 12.1 Å². The van der Waals surface area contributed by atoms with Gasteiger partial charge in [-0.2, -0.15) is 0 Å². The monoisotopic (exact) mass is 411 g/mol. The molecule has 2 saturated heterocycles. The average Bonchev–Trinajstić information content (AvgIpc) is 3.02. The van der Waals surface area contributed by atoms with Crippen LogP contribution in [0.15, 0.2) is 24.3 Å². The van der Waals surface area contributed by atoms with Crippen LogP contribution < -0.4 is 4.90 Å². The van der Waals surface area contributed by atoms with Crippen molar-refractivity contribution in [3.8, 4) is 0 Å². The molecule has 8 heteroatoms. The van der Waals surface area contributed by atoms with E-state index >= 15 is 0 Å². The van der Waals surface area contributed by atoms with Crippen LogP contribution in [-0.2, 0) is 14.6 Å². The van der Waals surface area contributed by atoms with Crippen LogP contribution >= 0.6 is 0 Å². The fourth-order valence-electron chi connectivity index (χ4n) is 4.09. The molecule has 3 rings (SSSR count). The summed E-state index contributed by atoms with van der Waals surface area (Å²) in [6.07, 6.45) is 1.34. The largest absolute Gasteiger partial charge is 0.369 e. The van der Waals surface area contributed by atoms with Crippen LogP contribution in [0.25, 0.3) is 0 Å². The fourth-order valence-corrected chi connectivity index (χ4v) is 5.80. The van der Waals surface area contributed by atoms with Crippen LogP contribution in [0.3, 0.4) is 0 Å². The Morgan fingerprint density at radius 1 is 1.21 bits per heavy atom. The molecule has 0 N–H and O–H groups in total. The second kappa shape index (κ2) is 8.78. The second-order valence-corrected chi connectivity index (χ2v) is 10.1. The summed E-state index contributed by atoms with van der Waals surface area (Å²) in [6, 6.07) is 6.32. The summed E-state index contributed by atoms with van der Waals surface area (Å²) >= 11 is 0. The van der Waals surface area contributed by atoms with Crippen LogP contribution in [0, 0.1) is 5.82 Å². The molecule has 1 amide bonds. The predicted octanol–water partition coefficient (Wildman–Crippen LogP) is 1.76. The van der Waals surface area contributed by atoms with Gasteiger partial charge in [-0.05, 0) is 44.0 Å². The van der Waals surface area contributed by atoms with Crippen molar-refractivity contribution in [3.05, 3.63) is 30.1 Å². The van der Waals surface area contributed by atoms with Gasteiger partial charge < -0.3 is 9.80 Å². The van der Waals surface area contributed by atoms with E-state index in [9.17, 15) is 17.6 Å². The number of rotatable bonds is 6. The smallest absolute Gasteiger partial charge is 0.237 e. The molecular weight excluding hydrogens is 381 g/mol. The lowest BCUT2D eigenvalue weighted by Gasteiger charge is -2.39. The van der Waals surface area contributed by atoms with Crippen molar-refractivity contribution in [1.29, 1.82) is 0 Å². The summed E-state index contributed by atoms with van der Waals surface area (Å²) in [7, 11) is -3.03. The Balaban J connectivity index is 1.58. The Hall–Kier alpha value is -1.67. The molecule has 0 spiro atoms. The molecule has 2 fully saturated rings. The van der Waals surface area contributed by atoms with E-state index in [2.05, 4.69) is 9.80 Å². The lowest BCUT2D eigenvalue weighted by Crippen LogP contribution is -2.53. The van der Waals surface area contributed by atoms with Crippen LogP contribution in [0.5, 0.6) is 0 Å². The van der Waals surface area contributed by atoms with E-state index in [-0.39, 0.29) is 35.3 Å². The minimum atomic E-state index is -3.03. The number of amides is 1. The van der Waals surface area contributed by atoms with Gasteiger partial charge in [-0.25, -0.2) is 12.8 Å². The van der Waals surface area contributed by atoms with Crippen molar-refractivity contribution in [2.75, 3.05) is 49.1 Å². The standard InChI is InChI=1S/C20H30FN3O3S/c1-3-16(2)24(19-8-13-28(26,27)15-19)20(25)14-22-9-11-23(12-10-22)18-6-4-17(21)5-7-18/h4-7,16,19H,3,8-15H2,1-2H3/t16-,19+/m1/s1. The molecule has 0 radical (unpaired) electrons. The number of anilines is 1. The van der Waals surface area contributed by atoms with Gasteiger partial charge in [0.05, 0.1) is 18.1 Å². The van der Waals surface area contributed by atoms with Crippen molar-refractivity contribution in [2.24, 2.45) is 0 Å². The van der Waals surface area contributed by atoms with Crippen LogP contribution in [-0.4, -0.2) is 80.4 Å². The molecule has 1 aromatic carbocycles. The van der Waals surface area contributed by atoms with E-state index in [1.165, 1.54) is 12.1 Å². The van der Waals surface area contributed by atoms with Crippen LogP contribution in [0.4, 0.5) is 10.1 Å². The van der Waals surface area contributed by atoms with Gasteiger partial charge in [0.1, 0.15) is 5.82 Å². The molecule has 1 aromatic rings. The van der Waals surface area contributed by atoms with E-state index in [1.807, 2.05) is 18.7 Å². The topological polar surface area (TPSA) is 60.9 Å². The zero-order valence-corrected chi connectivity index (χ0v) is 17.5. The number of piperazine rings is 1. The van der Waals surface area contributed by atoms with Gasteiger partial charge in [-0.15, -0.1) is 0 Å². The van der Waals surface area contributed by atoms with Crippen LogP contribution in [0.2, 0.25) is 0 Å². The number of sulfone groups is 1. The molecule has 0 saturated carbocycles. The number of halogens is 1. The lowest BCUT2D eigenvalue weighted by atomic mass is 10.1. The first-order valence-electron chi connectivity index (χ1n) is 10.0. The summed E-state index contributed by atoms with van der Waals surface area (Å²) in [6.45, 7) is 7.39. The van der Waals surface area contributed by atoms with E-state index < -0.39 is 9.84 Å². The Bertz CT molecular complexity index is 776. The molecule has 0 aliphatic carbocycles. The molecule has 6 nitrogen and oxygen atoms in total. The zero-order valence-electron chi connectivity index (χ0n) is 16.7. The zero-order chi connectivity index (χ0) is 20.3. The molecule has 2 aliphatic rings. The maximum atomic E-state index is 13.1. The number of carbonyl (C=O) groups excluding carboxylic acids is 1. The SMILES string of the molecule is CC[C@@H](C)N(C(=O)CN1CCN(c2ccc(F)cc2)CC1)[C@H]1CCS(=O)(=O)C1. The first-order chi connectivity index (χ1) is 13.3. The molecule has 156 valence electrons. The number of benzene rings is 1. The van der Waals surface area contributed by atoms with Gasteiger partial charge in [0, 0.05) is 44.0 Å². The van der Waals surface area contributed by atoms with E-state index in [4.69, 9.17) is 0 Å². The van der Waals surface area contributed by atoms with Crippen molar-refractivity contribution in [2.45, 2.75) is 38.8 Å². The number of hydrogen-bond acceptors (Lipinski definition) is 5. The third kappa shape index (κ3) is 5.03. The molecule has 0 aromatic heterocycles. The minimum absolute atomic E-state index is 0.0201. The molecule has 28 heavy (non-hydrogen) atoms. The van der Waals surface area contributed by atoms with Gasteiger partial charge >= 0.3 is 0 Å². The summed E-state index contributed by atoms with van der Waals surface area (Å²) in [5.41, 5.74) is 0.991. The first-order valence-corrected chi connectivity index (χ1v) is 11.9. The fraction of sp³-hybridized carbons (Fsp3) is 0.650. The Morgan fingerprint density at radius 2 is 1.86 bits per heavy atom. The Kier molecular flexibility index (Phi) is 6.60. The number of nitrogens with zero attached hydrogens (tertiary/aromatic N) is 3. The predicted molar refractivity (Wildman–Crippen MR) is 109 cm³/mol. The molecule has 2 atom stereocenters. The van der Waals surface area contributed by atoms with Gasteiger partial charge in [0.15, 0.2) is 9.84 Å². The minimum Gasteiger partial charge on any atom is -0.369 e. The number of carbonyl (C=O) groups is 1. The van der Waals surface area contributed by atoms with Gasteiger partial charge in [-0.1, -0.05) is 6.92 Å². The molecule has 2 aliphatic heterocycles. The third-order valence-electron chi connectivity index (χ3n) is 5.88. The highest BCUT2D eigenvalue weighted by molar-refractivity contribution is 7.91. The number of hydrogen-bond donors (Lipinski definition) is 0. The Morgan fingerprint density at radius 3 is 2.39 bits per heavy atom. The van der Waals surface area contributed by atoms with Crippen molar-refractivity contribution < 1.29 is 17.6 Å². The van der Waals surface area contributed by atoms with Gasteiger partial charge in [0.2, 0.25) is 5.91 Å². The van der Waals surface area contributed by atoms with Crippen LogP contribution in [0.1, 0.15) is 26.7 Å². The molecule has 0 bridgehead atoms. The summed E-state index contributed by atoms with van der Waals surface area (Å²) in [5, 5.41) is 0. The van der Waals surface area contributed by atoms with E-state index in [0.29, 0.717) is 13.0 Å². The highest BCUT2D eigenvalue weighted by Crippen LogP contribution is 2.22. The maximum absolute atomic E-state index is 13.1. The quantitative estimate of drug-likeness (QED) is 0.714. The van der Waals surface area contributed by atoms with Crippen molar-refractivity contribution >= 4 is 21.4 Å². The maximum Gasteiger partial charge on any atom is 0.237 e. The highest BCUT2D eigenvalue weighted by Gasteiger charge is 2.37. The average molecular weight is 412 g/mol. The second-order valence-electron chi connectivity index (χ2n) is 7.85. The summed E-state index contributed by atoms with van der Waals surface area (Å²) in [5.74, 6) is 0.0362.